The molecule has 0 N–H and O–H groups in total. The van der Waals surface area contributed by atoms with Crippen LogP contribution in [0.3, 0.4) is 0 Å². The molecule has 0 saturated carbocycles. The van der Waals surface area contributed by atoms with E-state index in [0.717, 1.165) is 12.2 Å². The normalized spacial score (nSPS) is 10.0. The van der Waals surface area contributed by atoms with E-state index in [0.29, 0.717) is 13.0 Å². The third-order valence-corrected chi connectivity index (χ3v) is 3.29. The van der Waals surface area contributed by atoms with Crippen LogP contribution in [-0.4, -0.2) is 47.8 Å². The molecule has 0 aliphatic rings. The number of carbonyl (C=O) groups excluding carboxylic acids is 1. The van der Waals surface area contributed by atoms with Gasteiger partial charge >= 0.3 is 0 Å². The third-order valence-electron chi connectivity index (χ3n) is 3.29. The zero-order valence-corrected chi connectivity index (χ0v) is 12.7. The lowest BCUT2D eigenvalue weighted by Crippen LogP contribution is -2.31. The highest BCUT2D eigenvalue weighted by Crippen LogP contribution is 2.06. The molecule has 7 heteroatoms. The van der Waals surface area contributed by atoms with Crippen molar-refractivity contribution >= 4 is 11.6 Å². The number of rotatable bonds is 7. The second-order valence-corrected chi connectivity index (χ2v) is 4.76. The Morgan fingerprint density at radius 3 is 2.76 bits per heavy atom. The number of aryl methyl sites for hydroxylation is 1. The molecule has 7 nitrogen and oxygen atoms in total. The summed E-state index contributed by atoms with van der Waals surface area (Å²) in [6, 6.07) is 3.51. The van der Waals surface area contributed by atoms with E-state index in [4.69, 9.17) is 5.26 Å². The van der Waals surface area contributed by atoms with Crippen molar-refractivity contribution in [3.63, 3.8) is 0 Å². The molecule has 1 aromatic heterocycles. The fourth-order valence-electron chi connectivity index (χ4n) is 1.72. The molecule has 0 unspecified atom stereocenters. The van der Waals surface area contributed by atoms with Crippen molar-refractivity contribution in [2.24, 2.45) is 0 Å². The van der Waals surface area contributed by atoms with Crippen molar-refractivity contribution in [2.45, 2.75) is 26.3 Å². The molecule has 21 heavy (non-hydrogen) atoms. The quantitative estimate of drug-likeness (QED) is 0.729. The van der Waals surface area contributed by atoms with Crippen LogP contribution in [0.1, 0.15) is 19.8 Å². The molecule has 0 saturated heterocycles. The first-order chi connectivity index (χ1) is 9.99. The second-order valence-electron chi connectivity index (χ2n) is 4.76. The number of aromatic nitrogens is 2. The molecule has 0 aliphatic carbocycles. The van der Waals surface area contributed by atoms with Crippen LogP contribution >= 0.6 is 0 Å². The number of amides is 1. The van der Waals surface area contributed by atoms with Crippen molar-refractivity contribution in [2.75, 3.05) is 32.1 Å². The highest BCUT2D eigenvalue weighted by Gasteiger charge is 2.10. The van der Waals surface area contributed by atoms with Crippen LogP contribution in [0.5, 0.6) is 0 Å². The molecule has 1 aromatic rings. The summed E-state index contributed by atoms with van der Waals surface area (Å²) < 4.78 is 1.28. The van der Waals surface area contributed by atoms with E-state index in [2.05, 4.69) is 5.10 Å². The monoisotopic (exact) mass is 291 g/mol. The van der Waals surface area contributed by atoms with Gasteiger partial charge in [-0.3, -0.25) is 9.59 Å². The standard InChI is InChI=1S/C14H21N5O2/c1-4-17(2)12-10-14(21)19(16-11-12)9-6-13(20)18(3)8-5-7-15/h10-11H,4-6,8-9H2,1-3H3. The summed E-state index contributed by atoms with van der Waals surface area (Å²) in [5, 5.41) is 12.6. The van der Waals surface area contributed by atoms with Crippen LogP contribution in [0.15, 0.2) is 17.1 Å². The van der Waals surface area contributed by atoms with Gasteiger partial charge in [-0.15, -0.1) is 0 Å². The number of nitrogens with zero attached hydrogens (tertiary/aromatic N) is 5. The molecule has 0 radical (unpaired) electrons. The molecule has 1 amide bonds. The predicted molar refractivity (Wildman–Crippen MR) is 79.9 cm³/mol. The van der Waals surface area contributed by atoms with Gasteiger partial charge in [-0.25, -0.2) is 4.68 Å². The third kappa shape index (κ3) is 4.91. The Kier molecular flexibility index (Phi) is 6.40. The Labute approximate surface area is 124 Å². The van der Waals surface area contributed by atoms with Gasteiger partial charge in [-0.05, 0) is 6.92 Å². The Morgan fingerprint density at radius 1 is 1.48 bits per heavy atom. The number of anilines is 1. The summed E-state index contributed by atoms with van der Waals surface area (Å²) in [5.74, 6) is -0.103. The first kappa shape index (κ1) is 16.7. The molecule has 0 bridgehead atoms. The summed E-state index contributed by atoms with van der Waals surface area (Å²) >= 11 is 0. The minimum absolute atomic E-state index is 0.103. The molecule has 1 heterocycles. The van der Waals surface area contributed by atoms with Crippen molar-refractivity contribution in [1.29, 1.82) is 5.26 Å². The van der Waals surface area contributed by atoms with Gasteiger partial charge in [0.05, 0.1) is 30.9 Å². The molecule has 0 aliphatic heterocycles. The van der Waals surface area contributed by atoms with Gasteiger partial charge in [0.15, 0.2) is 0 Å². The molecule has 114 valence electrons. The second kappa shape index (κ2) is 8.04. The average Bonchev–Trinajstić information content (AvgIpc) is 2.50. The molecular formula is C14H21N5O2. The smallest absolute Gasteiger partial charge is 0.268 e. The highest BCUT2D eigenvalue weighted by atomic mass is 16.2. The van der Waals surface area contributed by atoms with Gasteiger partial charge in [0.1, 0.15) is 0 Å². The topological polar surface area (TPSA) is 82.2 Å². The molecule has 0 atom stereocenters. The van der Waals surface area contributed by atoms with Gasteiger partial charge < -0.3 is 9.80 Å². The van der Waals surface area contributed by atoms with Gasteiger partial charge in [-0.1, -0.05) is 0 Å². The van der Waals surface area contributed by atoms with E-state index in [-0.39, 0.29) is 24.4 Å². The SMILES string of the molecule is CCN(C)c1cnn(CCC(=O)N(C)CCC#N)c(=O)c1. The lowest BCUT2D eigenvalue weighted by atomic mass is 10.3. The largest absolute Gasteiger partial charge is 0.373 e. The number of nitriles is 1. The van der Waals surface area contributed by atoms with Crippen LogP contribution in [0.4, 0.5) is 5.69 Å². The van der Waals surface area contributed by atoms with E-state index < -0.39 is 0 Å². The zero-order chi connectivity index (χ0) is 15.8. The van der Waals surface area contributed by atoms with E-state index in [1.165, 1.54) is 15.6 Å². The Morgan fingerprint density at radius 2 is 2.19 bits per heavy atom. The van der Waals surface area contributed by atoms with E-state index in [1.54, 1.807) is 13.2 Å². The van der Waals surface area contributed by atoms with Crippen LogP contribution in [0.2, 0.25) is 0 Å². The van der Waals surface area contributed by atoms with Crippen molar-refractivity contribution < 1.29 is 4.79 Å². The summed E-state index contributed by atoms with van der Waals surface area (Å²) in [7, 11) is 3.53. The summed E-state index contributed by atoms with van der Waals surface area (Å²) in [6.07, 6.45) is 2.12. The first-order valence-electron chi connectivity index (χ1n) is 6.88. The number of carbonyl (C=O) groups is 1. The fourth-order valence-corrected chi connectivity index (χ4v) is 1.72. The molecule has 0 spiro atoms. The van der Waals surface area contributed by atoms with E-state index in [1.807, 2.05) is 24.9 Å². The lowest BCUT2D eigenvalue weighted by molar-refractivity contribution is -0.130. The van der Waals surface area contributed by atoms with E-state index >= 15 is 0 Å². The maximum atomic E-state index is 11.9. The zero-order valence-electron chi connectivity index (χ0n) is 12.7. The highest BCUT2D eigenvalue weighted by molar-refractivity contribution is 5.75. The average molecular weight is 291 g/mol. The number of hydrogen-bond donors (Lipinski definition) is 0. The van der Waals surface area contributed by atoms with Crippen LogP contribution < -0.4 is 10.5 Å². The van der Waals surface area contributed by atoms with E-state index in [9.17, 15) is 9.59 Å². The van der Waals surface area contributed by atoms with Crippen molar-refractivity contribution in [3.05, 3.63) is 22.6 Å². The van der Waals surface area contributed by atoms with Crippen molar-refractivity contribution in [3.8, 4) is 6.07 Å². The summed E-state index contributed by atoms with van der Waals surface area (Å²) in [6.45, 7) is 3.41. The fraction of sp³-hybridized carbons (Fsp3) is 0.571. The Hall–Kier alpha value is -2.36. The van der Waals surface area contributed by atoms with Crippen LogP contribution in [0, 0.1) is 11.3 Å². The molecule has 0 fully saturated rings. The maximum Gasteiger partial charge on any atom is 0.268 e. The molecule has 0 aromatic carbocycles. The minimum Gasteiger partial charge on any atom is -0.373 e. The first-order valence-corrected chi connectivity index (χ1v) is 6.88. The summed E-state index contributed by atoms with van der Waals surface area (Å²) in [4.78, 5) is 27.2. The predicted octanol–water partition coefficient (Wildman–Crippen LogP) is 0.462. The molecule has 1 rings (SSSR count). The number of hydrogen-bond acceptors (Lipinski definition) is 5. The minimum atomic E-state index is -0.222. The van der Waals surface area contributed by atoms with Gasteiger partial charge in [0.25, 0.3) is 5.56 Å². The van der Waals surface area contributed by atoms with Gasteiger partial charge in [-0.2, -0.15) is 10.4 Å². The van der Waals surface area contributed by atoms with Gasteiger partial charge in [0, 0.05) is 39.7 Å². The van der Waals surface area contributed by atoms with Crippen LogP contribution in [0.25, 0.3) is 0 Å². The lowest BCUT2D eigenvalue weighted by Gasteiger charge is -2.17. The van der Waals surface area contributed by atoms with Gasteiger partial charge in [0.2, 0.25) is 5.91 Å². The molecular weight excluding hydrogens is 270 g/mol. The Balaban J connectivity index is 2.62. The maximum absolute atomic E-state index is 11.9. The van der Waals surface area contributed by atoms with Crippen molar-refractivity contribution in [1.82, 2.24) is 14.7 Å². The summed E-state index contributed by atoms with van der Waals surface area (Å²) in [5.41, 5.74) is 0.538. The van der Waals surface area contributed by atoms with Crippen LogP contribution in [-0.2, 0) is 11.3 Å². The Bertz CT molecular complexity index is 575.